The number of nitrogens with zero attached hydrogens (tertiary/aromatic N) is 1. The Morgan fingerprint density at radius 3 is 2.63 bits per heavy atom. The number of nitrogen functional groups attached to an aromatic ring is 1. The lowest BCUT2D eigenvalue weighted by atomic mass is 10.1. The molecule has 0 aliphatic carbocycles. The molecule has 2 aromatic rings. The molecule has 0 fully saturated rings. The van der Waals surface area contributed by atoms with Crippen LogP contribution in [0.25, 0.3) is 0 Å². The van der Waals surface area contributed by atoms with Gasteiger partial charge < -0.3 is 4.57 Å². The molecule has 1 aromatic carbocycles. The van der Waals surface area contributed by atoms with Gasteiger partial charge in [0, 0.05) is 18.7 Å². The van der Waals surface area contributed by atoms with E-state index in [2.05, 4.69) is 24.1 Å². The van der Waals surface area contributed by atoms with Crippen LogP contribution in [0.15, 0.2) is 55.1 Å². The Hall–Kier alpha value is -2.33. The number of nitrogens with one attached hydrogen (secondary N) is 1. The summed E-state index contributed by atoms with van der Waals surface area (Å²) < 4.78 is 1.92. The topological polar surface area (TPSA) is 60.0 Å². The molecular weight excluding hydrogens is 238 g/mol. The number of nitrogens with two attached hydrogens (primary N) is 1. The van der Waals surface area contributed by atoms with E-state index < -0.39 is 0 Å². The minimum Gasteiger partial charge on any atom is -0.336 e. The molecule has 0 saturated heterocycles. The maximum absolute atomic E-state index is 11.7. The summed E-state index contributed by atoms with van der Waals surface area (Å²) in [4.78, 5) is 11.7. The average Bonchev–Trinajstić information content (AvgIpc) is 2.83. The number of carbonyl (C=O) groups excluding carboxylic acids is 1. The van der Waals surface area contributed by atoms with Crippen LogP contribution in [0, 0.1) is 0 Å². The Bertz CT molecular complexity index is 572. The zero-order chi connectivity index (χ0) is 13.7. The van der Waals surface area contributed by atoms with E-state index in [0.29, 0.717) is 12.2 Å². The summed E-state index contributed by atoms with van der Waals surface area (Å²) in [6, 6.07) is 13.8. The summed E-state index contributed by atoms with van der Waals surface area (Å²) in [6.45, 7) is 4.31. The Balaban J connectivity index is 2.32. The Labute approximate surface area is 112 Å². The van der Waals surface area contributed by atoms with Gasteiger partial charge in [0.15, 0.2) is 0 Å². The first-order chi connectivity index (χ1) is 9.26. The first-order valence-electron chi connectivity index (χ1n) is 6.10. The van der Waals surface area contributed by atoms with Crippen molar-refractivity contribution in [2.45, 2.75) is 13.0 Å². The van der Waals surface area contributed by atoms with E-state index in [1.807, 2.05) is 28.8 Å². The normalized spacial score (nSPS) is 10.2. The molecule has 98 valence electrons. The molecule has 0 unspecified atom stereocenters. The molecule has 0 spiro atoms. The van der Waals surface area contributed by atoms with Gasteiger partial charge in [0.25, 0.3) is 5.91 Å². The number of benzene rings is 1. The van der Waals surface area contributed by atoms with Gasteiger partial charge in [-0.15, -0.1) is 6.58 Å². The van der Waals surface area contributed by atoms with Crippen molar-refractivity contribution in [3.63, 3.8) is 0 Å². The molecule has 0 radical (unpaired) electrons. The van der Waals surface area contributed by atoms with Crippen molar-refractivity contribution in [1.82, 2.24) is 9.99 Å². The monoisotopic (exact) mass is 255 g/mol. The quantitative estimate of drug-likeness (QED) is 0.371. The fourth-order valence-electron chi connectivity index (χ4n) is 2.09. The van der Waals surface area contributed by atoms with E-state index in [4.69, 9.17) is 5.84 Å². The summed E-state index contributed by atoms with van der Waals surface area (Å²) in [5, 5.41) is 0. The van der Waals surface area contributed by atoms with Gasteiger partial charge in [-0.05, 0) is 17.7 Å². The highest BCUT2D eigenvalue weighted by Crippen LogP contribution is 2.14. The standard InChI is InChI=1S/C15H17N3O/c1-2-10-18-13(8-9-14(18)15(19)17-16)11-12-6-4-3-5-7-12/h2-9H,1,10-11,16H2,(H,17,19). The van der Waals surface area contributed by atoms with Crippen LogP contribution in [0.5, 0.6) is 0 Å². The number of carbonyl (C=O) groups is 1. The first kappa shape index (κ1) is 13.1. The number of amides is 1. The largest absolute Gasteiger partial charge is 0.336 e. The molecule has 0 atom stereocenters. The molecule has 0 saturated carbocycles. The molecule has 4 heteroatoms. The van der Waals surface area contributed by atoms with Crippen LogP contribution in [0.3, 0.4) is 0 Å². The Morgan fingerprint density at radius 2 is 2.00 bits per heavy atom. The molecule has 4 nitrogen and oxygen atoms in total. The molecule has 0 aliphatic rings. The van der Waals surface area contributed by atoms with Gasteiger partial charge >= 0.3 is 0 Å². The second-order valence-electron chi connectivity index (χ2n) is 4.25. The maximum Gasteiger partial charge on any atom is 0.281 e. The molecule has 1 amide bonds. The number of hydrogen-bond donors (Lipinski definition) is 2. The Morgan fingerprint density at radius 1 is 1.26 bits per heavy atom. The third-order valence-corrected chi connectivity index (χ3v) is 2.97. The van der Waals surface area contributed by atoms with E-state index >= 15 is 0 Å². The number of hydrazine groups is 1. The molecule has 1 aromatic heterocycles. The van der Waals surface area contributed by atoms with Gasteiger partial charge in [-0.25, -0.2) is 5.84 Å². The maximum atomic E-state index is 11.7. The van der Waals surface area contributed by atoms with Gasteiger partial charge in [-0.3, -0.25) is 10.2 Å². The number of rotatable bonds is 5. The van der Waals surface area contributed by atoms with Crippen molar-refractivity contribution < 1.29 is 4.79 Å². The lowest BCUT2D eigenvalue weighted by Crippen LogP contribution is -2.32. The van der Waals surface area contributed by atoms with Crippen molar-refractivity contribution in [3.8, 4) is 0 Å². The van der Waals surface area contributed by atoms with Crippen molar-refractivity contribution in [3.05, 3.63) is 72.1 Å². The summed E-state index contributed by atoms with van der Waals surface area (Å²) in [5.41, 5.74) is 4.97. The van der Waals surface area contributed by atoms with Crippen LogP contribution in [0.1, 0.15) is 21.7 Å². The van der Waals surface area contributed by atoms with Crippen LogP contribution in [0.4, 0.5) is 0 Å². The number of allylic oxidation sites excluding steroid dienone is 1. The van der Waals surface area contributed by atoms with Gasteiger partial charge in [-0.2, -0.15) is 0 Å². The highest BCUT2D eigenvalue weighted by atomic mass is 16.2. The zero-order valence-electron chi connectivity index (χ0n) is 10.7. The third-order valence-electron chi connectivity index (χ3n) is 2.97. The van der Waals surface area contributed by atoms with E-state index in [1.54, 1.807) is 12.1 Å². The highest BCUT2D eigenvalue weighted by Gasteiger charge is 2.13. The molecule has 0 bridgehead atoms. The summed E-state index contributed by atoms with van der Waals surface area (Å²) >= 11 is 0. The van der Waals surface area contributed by atoms with Crippen molar-refractivity contribution in [2.24, 2.45) is 5.84 Å². The number of hydrogen-bond acceptors (Lipinski definition) is 2. The molecule has 0 aliphatic heterocycles. The van der Waals surface area contributed by atoms with Crippen LogP contribution >= 0.6 is 0 Å². The fourth-order valence-corrected chi connectivity index (χ4v) is 2.09. The van der Waals surface area contributed by atoms with Gasteiger partial charge in [0.2, 0.25) is 0 Å². The van der Waals surface area contributed by atoms with Crippen LogP contribution < -0.4 is 11.3 Å². The minimum absolute atomic E-state index is 0.291. The third kappa shape index (κ3) is 2.92. The zero-order valence-corrected chi connectivity index (χ0v) is 10.7. The van der Waals surface area contributed by atoms with Crippen LogP contribution in [-0.2, 0) is 13.0 Å². The summed E-state index contributed by atoms with van der Waals surface area (Å²) in [5.74, 6) is 4.90. The van der Waals surface area contributed by atoms with Crippen LogP contribution in [0.2, 0.25) is 0 Å². The lowest BCUT2D eigenvalue weighted by molar-refractivity contribution is 0.0944. The summed E-state index contributed by atoms with van der Waals surface area (Å²) in [6.07, 6.45) is 2.54. The van der Waals surface area contributed by atoms with E-state index in [0.717, 1.165) is 12.1 Å². The summed E-state index contributed by atoms with van der Waals surface area (Å²) in [7, 11) is 0. The fraction of sp³-hybridized carbons (Fsp3) is 0.133. The highest BCUT2D eigenvalue weighted by molar-refractivity contribution is 5.92. The smallest absolute Gasteiger partial charge is 0.281 e. The molecule has 2 rings (SSSR count). The van der Waals surface area contributed by atoms with E-state index in [9.17, 15) is 4.79 Å². The van der Waals surface area contributed by atoms with Gasteiger partial charge in [-0.1, -0.05) is 36.4 Å². The molecule has 1 heterocycles. The van der Waals surface area contributed by atoms with E-state index in [1.165, 1.54) is 5.56 Å². The predicted molar refractivity (Wildman–Crippen MR) is 75.5 cm³/mol. The second kappa shape index (κ2) is 6.02. The van der Waals surface area contributed by atoms with E-state index in [-0.39, 0.29) is 5.91 Å². The first-order valence-corrected chi connectivity index (χ1v) is 6.10. The lowest BCUT2D eigenvalue weighted by Gasteiger charge is -2.10. The van der Waals surface area contributed by atoms with Crippen molar-refractivity contribution in [1.29, 1.82) is 0 Å². The molecule has 3 N–H and O–H groups in total. The van der Waals surface area contributed by atoms with Gasteiger partial charge in [0.1, 0.15) is 5.69 Å². The molecular formula is C15H17N3O. The SMILES string of the molecule is C=CCn1c(Cc2ccccc2)ccc1C(=O)NN. The molecule has 19 heavy (non-hydrogen) atoms. The van der Waals surface area contributed by atoms with Crippen molar-refractivity contribution >= 4 is 5.91 Å². The second-order valence-corrected chi connectivity index (χ2v) is 4.25. The number of aromatic nitrogens is 1. The Kier molecular flexibility index (Phi) is 4.15. The predicted octanol–water partition coefficient (Wildman–Crippen LogP) is 1.87. The van der Waals surface area contributed by atoms with Crippen LogP contribution in [-0.4, -0.2) is 10.5 Å². The van der Waals surface area contributed by atoms with Gasteiger partial charge in [0.05, 0.1) is 0 Å². The van der Waals surface area contributed by atoms with Crippen molar-refractivity contribution in [2.75, 3.05) is 0 Å². The average molecular weight is 255 g/mol. The minimum atomic E-state index is -0.291.